The van der Waals surface area contributed by atoms with E-state index in [-0.39, 0.29) is 0 Å². The Balaban J connectivity index is 1.09. The van der Waals surface area contributed by atoms with Gasteiger partial charge in [-0.2, -0.15) is 0 Å². The van der Waals surface area contributed by atoms with Crippen LogP contribution in [0.15, 0.2) is 212 Å². The summed E-state index contributed by atoms with van der Waals surface area (Å²) in [4.78, 5) is 10.4. The lowest BCUT2D eigenvalue weighted by atomic mass is 10.0. The van der Waals surface area contributed by atoms with Crippen molar-refractivity contribution in [1.82, 2.24) is 14.4 Å². The van der Waals surface area contributed by atoms with E-state index in [9.17, 15) is 0 Å². The fourth-order valence-electron chi connectivity index (χ4n) is 8.63. The monoisotopic (exact) mass is 827 g/mol. The Kier molecular flexibility index (Phi) is 8.76. The lowest BCUT2D eigenvalue weighted by Crippen LogP contribution is -2.25. The van der Waals surface area contributed by atoms with Gasteiger partial charge >= 0.3 is 0 Å². The molecule has 11 aromatic rings. The third-order valence-corrected chi connectivity index (χ3v) is 21.4. The summed E-state index contributed by atoms with van der Waals surface area (Å²) in [6, 6.07) is 68.5. The van der Waals surface area contributed by atoms with Crippen LogP contribution in [0.2, 0.25) is 0 Å². The van der Waals surface area contributed by atoms with E-state index >= 15 is 0 Å². The van der Waals surface area contributed by atoms with Gasteiger partial charge in [0.1, 0.15) is 5.65 Å². The molecule has 0 saturated heterocycles. The van der Waals surface area contributed by atoms with Gasteiger partial charge in [0.15, 0.2) is 0 Å². The van der Waals surface area contributed by atoms with Gasteiger partial charge in [0, 0.05) is 39.7 Å². The number of pyridine rings is 2. The van der Waals surface area contributed by atoms with E-state index in [4.69, 9.17) is 33.6 Å². The first kappa shape index (κ1) is 36.1. The van der Waals surface area contributed by atoms with Crippen molar-refractivity contribution in [2.24, 2.45) is 0 Å². The van der Waals surface area contributed by atoms with Gasteiger partial charge < -0.3 is 0 Å². The van der Waals surface area contributed by atoms with Gasteiger partial charge in [-0.15, -0.1) is 0 Å². The third-order valence-electron chi connectivity index (χ3n) is 11.5. The van der Waals surface area contributed by atoms with Crippen LogP contribution in [0.1, 0.15) is 0 Å². The van der Waals surface area contributed by atoms with Gasteiger partial charge in [-0.05, 0) is 73.4 Å². The first-order valence-electron chi connectivity index (χ1n) is 19.6. The minimum absolute atomic E-state index is 0.931. The summed E-state index contributed by atoms with van der Waals surface area (Å²) in [5.41, 5.74) is 7.14. The van der Waals surface area contributed by atoms with Crippen molar-refractivity contribution in [3.8, 4) is 11.1 Å². The maximum Gasteiger partial charge on any atom is 0.146 e. The summed E-state index contributed by atoms with van der Waals surface area (Å²) in [5, 5.41) is 11.4. The number of nitrogens with zero attached hydrogens (tertiary/aromatic N) is 3. The van der Waals surface area contributed by atoms with Gasteiger partial charge in [0.25, 0.3) is 0 Å². The second kappa shape index (κ2) is 14.3. The maximum absolute atomic E-state index is 6.84. The normalized spacial score (nSPS) is 12.2. The zero-order chi connectivity index (χ0) is 39.6. The zero-order valence-corrected chi connectivity index (χ0v) is 35.2. The molecule has 59 heavy (non-hydrogen) atoms. The molecule has 0 atom stereocenters. The lowest BCUT2D eigenvalue weighted by Gasteiger charge is -2.24. The molecule has 3 heterocycles. The van der Waals surface area contributed by atoms with Gasteiger partial charge in [0.05, 0.1) is 22.1 Å². The molecule has 0 amide bonds. The number of hydrogen-bond acceptors (Lipinski definition) is 4. The summed E-state index contributed by atoms with van der Waals surface area (Å²) in [5.74, 6) is 0. The van der Waals surface area contributed by atoms with Crippen LogP contribution in [0.4, 0.5) is 0 Å². The highest BCUT2D eigenvalue weighted by molar-refractivity contribution is 8.26. The number of hydrogen-bond donors (Lipinski definition) is 0. The van der Waals surface area contributed by atoms with E-state index < -0.39 is 12.1 Å². The highest BCUT2D eigenvalue weighted by atomic mass is 32.4. The van der Waals surface area contributed by atoms with E-state index in [2.05, 4.69) is 199 Å². The number of imidazole rings is 1. The quantitative estimate of drug-likeness (QED) is 0.118. The molecule has 0 bridgehead atoms. The summed E-state index contributed by atoms with van der Waals surface area (Å²) in [7, 11) is 0. The van der Waals surface area contributed by atoms with Crippen molar-refractivity contribution >= 4 is 117 Å². The minimum Gasteiger partial charge on any atom is -0.292 e. The minimum atomic E-state index is -2.40. The fraction of sp³-hybridized carbons (Fsp3) is 0. The van der Waals surface area contributed by atoms with Crippen molar-refractivity contribution in [2.75, 3.05) is 0 Å². The Labute approximate surface area is 352 Å². The average molecular weight is 828 g/mol. The summed E-state index contributed by atoms with van der Waals surface area (Å²) >= 11 is 13.5. The van der Waals surface area contributed by atoms with E-state index in [1.807, 2.05) is 18.3 Å². The highest BCUT2D eigenvalue weighted by Gasteiger charge is 2.27. The van der Waals surface area contributed by atoms with Crippen molar-refractivity contribution in [3.63, 3.8) is 0 Å². The number of aromatic nitrogens is 3. The predicted octanol–water partition coefficient (Wildman–Crippen LogP) is 10.5. The molecule has 3 nitrogen and oxygen atoms in total. The van der Waals surface area contributed by atoms with Crippen molar-refractivity contribution in [1.29, 1.82) is 0 Å². The molecule has 0 aliphatic carbocycles. The predicted molar refractivity (Wildman–Crippen MR) is 261 cm³/mol. The molecule has 0 aliphatic heterocycles. The van der Waals surface area contributed by atoms with Crippen LogP contribution in [0.3, 0.4) is 0 Å². The van der Waals surface area contributed by atoms with Crippen LogP contribution in [0.25, 0.3) is 60.4 Å². The zero-order valence-electron chi connectivity index (χ0n) is 31.8. The molecule has 0 N–H and O–H groups in total. The van der Waals surface area contributed by atoms with Crippen LogP contribution in [-0.4, -0.2) is 14.4 Å². The van der Waals surface area contributed by atoms with Crippen LogP contribution in [-0.2, 0) is 23.6 Å². The summed E-state index contributed by atoms with van der Waals surface area (Å²) < 4.78 is 2.35. The number of benzene rings is 8. The molecule has 8 aromatic carbocycles. The molecule has 0 spiro atoms. The third kappa shape index (κ3) is 5.84. The Morgan fingerprint density at radius 2 is 0.898 bits per heavy atom. The molecule has 0 saturated carbocycles. The SMILES string of the molecule is S=P(c1ccccc1)(c1ccccc1)c1cnc2cc(-c3ccc4nc5c6ccccc6c6ccc(P(=S)(c7ccccc7)c7ccccc7)cc6n5c4c3)ccc2c1. The van der Waals surface area contributed by atoms with Crippen molar-refractivity contribution in [3.05, 3.63) is 212 Å². The van der Waals surface area contributed by atoms with Crippen LogP contribution >= 0.6 is 12.1 Å². The fourth-order valence-corrected chi connectivity index (χ4v) is 16.0. The second-order valence-corrected chi connectivity index (χ2v) is 23.7. The van der Waals surface area contributed by atoms with Gasteiger partial charge in [-0.25, -0.2) is 4.98 Å². The van der Waals surface area contributed by atoms with Gasteiger partial charge in [-0.3, -0.25) is 9.38 Å². The molecule has 0 unspecified atom stereocenters. The molecule has 0 aliphatic rings. The Hall–Kier alpha value is -6.06. The van der Waals surface area contributed by atoms with E-state index in [1.54, 1.807) is 0 Å². The molecule has 11 rings (SSSR count). The topological polar surface area (TPSA) is 30.2 Å². The lowest BCUT2D eigenvalue weighted by molar-refractivity contribution is 1.32. The molecule has 0 radical (unpaired) electrons. The van der Waals surface area contributed by atoms with Crippen molar-refractivity contribution < 1.29 is 0 Å². The number of fused-ring (bicyclic) bond motifs is 9. The van der Waals surface area contributed by atoms with E-state index in [1.165, 1.54) is 21.4 Å². The first-order valence-corrected chi connectivity index (χ1v) is 25.2. The molecule has 3 aromatic heterocycles. The van der Waals surface area contributed by atoms with Crippen molar-refractivity contribution in [2.45, 2.75) is 0 Å². The largest absolute Gasteiger partial charge is 0.292 e. The molecular weight excluding hydrogens is 793 g/mol. The Morgan fingerprint density at radius 3 is 1.51 bits per heavy atom. The molecule has 280 valence electrons. The molecular formula is C52H35N3P2S2. The summed E-state index contributed by atoms with van der Waals surface area (Å²) in [6.45, 7) is 0. The highest BCUT2D eigenvalue weighted by Crippen LogP contribution is 2.45. The Morgan fingerprint density at radius 1 is 0.373 bits per heavy atom. The van der Waals surface area contributed by atoms with E-state index in [0.717, 1.165) is 70.8 Å². The smallest absolute Gasteiger partial charge is 0.146 e. The second-order valence-electron chi connectivity index (χ2n) is 14.9. The first-order chi connectivity index (χ1) is 29.0. The van der Waals surface area contributed by atoms with Crippen LogP contribution in [0, 0.1) is 0 Å². The average Bonchev–Trinajstić information content (AvgIpc) is 3.71. The van der Waals surface area contributed by atoms with Gasteiger partial charge in [0.2, 0.25) is 0 Å². The molecule has 0 fully saturated rings. The standard InChI is InChI=1S/C52H35N3P2S2/c58-56(39-15-5-1-6-16-39,40-17-7-2-8-18-40)43-28-29-46-45-23-13-14-24-47(45)52-54-48-30-27-37(33-51(48)55(52)50(46)34-43)36-25-26-38-31-44(35-53-49(38)32-36)57(59,41-19-9-3-10-20-41)42-21-11-4-12-22-42/h1-35H. The number of rotatable bonds is 7. The molecule has 7 heteroatoms. The summed E-state index contributed by atoms with van der Waals surface area (Å²) in [6.07, 6.45) is 2.00. The Bertz CT molecular complexity index is 3410. The van der Waals surface area contributed by atoms with E-state index in [0.29, 0.717) is 0 Å². The van der Waals surface area contributed by atoms with Crippen LogP contribution in [0.5, 0.6) is 0 Å². The van der Waals surface area contributed by atoms with Gasteiger partial charge in [-0.1, -0.05) is 200 Å². The van der Waals surface area contributed by atoms with Crippen LogP contribution < -0.4 is 31.8 Å². The maximum atomic E-state index is 6.84.